The van der Waals surface area contributed by atoms with Gasteiger partial charge in [-0.3, -0.25) is 0 Å². The Balaban J connectivity index is 2.87. The number of esters is 1. The summed E-state index contributed by atoms with van der Waals surface area (Å²) in [6.45, 7) is 2.00. The van der Waals surface area contributed by atoms with Gasteiger partial charge in [0.2, 0.25) is 0 Å². The van der Waals surface area contributed by atoms with Crippen LogP contribution in [-0.4, -0.2) is 12.6 Å². The van der Waals surface area contributed by atoms with Crippen LogP contribution in [0.2, 0.25) is 5.02 Å². The Morgan fingerprint density at radius 3 is 2.88 bits per heavy atom. The van der Waals surface area contributed by atoms with Gasteiger partial charge in [-0.05, 0) is 25.1 Å². The van der Waals surface area contributed by atoms with E-state index in [2.05, 4.69) is 16.6 Å². The molecular formula is C12H8ClNO2. The van der Waals surface area contributed by atoms with Crippen molar-refractivity contribution >= 4 is 17.6 Å². The molecule has 0 bridgehead atoms. The summed E-state index contributed by atoms with van der Waals surface area (Å²) in [5, 5.41) is 8.97. The van der Waals surface area contributed by atoms with Gasteiger partial charge in [0.15, 0.2) is 0 Å². The molecule has 0 aliphatic heterocycles. The molecule has 0 N–H and O–H groups in total. The third-order valence-corrected chi connectivity index (χ3v) is 1.99. The van der Waals surface area contributed by atoms with Crippen molar-refractivity contribution in [1.29, 1.82) is 5.26 Å². The van der Waals surface area contributed by atoms with E-state index in [4.69, 9.17) is 16.9 Å². The molecule has 0 atom stereocenters. The van der Waals surface area contributed by atoms with Crippen LogP contribution >= 0.6 is 11.6 Å². The normalized spacial score (nSPS) is 8.56. The summed E-state index contributed by atoms with van der Waals surface area (Å²) in [6, 6.07) is 6.64. The maximum atomic E-state index is 10.9. The van der Waals surface area contributed by atoms with E-state index in [-0.39, 0.29) is 0 Å². The summed E-state index contributed by atoms with van der Waals surface area (Å²) in [5.74, 6) is 4.33. The number of hydrogen-bond acceptors (Lipinski definition) is 3. The fourth-order valence-electron chi connectivity index (χ4n) is 0.974. The van der Waals surface area contributed by atoms with Crippen LogP contribution in [0.15, 0.2) is 18.2 Å². The Morgan fingerprint density at radius 2 is 2.31 bits per heavy atom. The third kappa shape index (κ3) is 3.31. The van der Waals surface area contributed by atoms with Gasteiger partial charge in [0.05, 0.1) is 17.2 Å². The molecule has 0 aliphatic carbocycles. The average Bonchev–Trinajstić information content (AvgIpc) is 2.27. The number of hydrogen-bond donors (Lipinski definition) is 0. The topological polar surface area (TPSA) is 50.1 Å². The molecule has 0 amide bonds. The van der Waals surface area contributed by atoms with Crippen LogP contribution in [-0.2, 0) is 9.53 Å². The zero-order valence-electron chi connectivity index (χ0n) is 8.58. The molecular weight excluding hydrogens is 226 g/mol. The predicted molar refractivity (Wildman–Crippen MR) is 59.7 cm³/mol. The molecule has 0 heterocycles. The number of benzene rings is 1. The van der Waals surface area contributed by atoms with E-state index in [1.54, 1.807) is 19.1 Å². The molecule has 0 radical (unpaired) electrons. The van der Waals surface area contributed by atoms with Crippen molar-refractivity contribution < 1.29 is 9.53 Å². The number of nitriles is 1. The predicted octanol–water partition coefficient (Wildman–Crippen LogP) is 2.13. The minimum absolute atomic E-state index is 0.293. The lowest BCUT2D eigenvalue weighted by Crippen LogP contribution is -1.99. The molecule has 0 saturated carbocycles. The summed E-state index contributed by atoms with van der Waals surface area (Å²) in [7, 11) is 0. The van der Waals surface area contributed by atoms with E-state index >= 15 is 0 Å². The van der Waals surface area contributed by atoms with Crippen molar-refractivity contribution in [2.45, 2.75) is 6.92 Å². The van der Waals surface area contributed by atoms with Gasteiger partial charge in [-0.25, -0.2) is 4.79 Å². The van der Waals surface area contributed by atoms with Crippen molar-refractivity contribution in [3.8, 4) is 17.9 Å². The second kappa shape index (κ2) is 5.80. The SMILES string of the molecule is CCOC(=O)C#Cc1ccc(C#N)c(Cl)c1. The van der Waals surface area contributed by atoms with Gasteiger partial charge in [0.1, 0.15) is 6.07 Å². The number of ether oxygens (including phenoxy) is 1. The van der Waals surface area contributed by atoms with Crippen LogP contribution in [0.4, 0.5) is 0 Å². The maximum Gasteiger partial charge on any atom is 0.384 e. The van der Waals surface area contributed by atoms with Crippen molar-refractivity contribution in [3.63, 3.8) is 0 Å². The van der Waals surface area contributed by atoms with Gasteiger partial charge < -0.3 is 4.74 Å². The number of carbonyl (C=O) groups excluding carboxylic acids is 1. The van der Waals surface area contributed by atoms with Crippen molar-refractivity contribution in [1.82, 2.24) is 0 Å². The number of carbonyl (C=O) groups is 1. The fourth-order valence-corrected chi connectivity index (χ4v) is 1.20. The molecule has 0 unspecified atom stereocenters. The lowest BCUT2D eigenvalue weighted by Gasteiger charge is -1.95. The molecule has 1 aromatic rings. The molecule has 0 aromatic heterocycles. The quantitative estimate of drug-likeness (QED) is 0.552. The van der Waals surface area contributed by atoms with Crippen LogP contribution in [0, 0.1) is 23.2 Å². The van der Waals surface area contributed by atoms with E-state index in [0.717, 1.165) is 0 Å². The van der Waals surface area contributed by atoms with Crippen molar-refractivity contribution in [2.24, 2.45) is 0 Å². The number of nitrogens with zero attached hydrogens (tertiary/aromatic N) is 1. The molecule has 0 fully saturated rings. The standard InChI is InChI=1S/C12H8ClNO2/c1-2-16-12(15)6-4-9-3-5-10(8-14)11(13)7-9/h3,5,7H,2H2,1H3. The molecule has 0 aliphatic rings. The van der Waals surface area contributed by atoms with Crippen LogP contribution in [0.1, 0.15) is 18.1 Å². The summed E-state index contributed by atoms with van der Waals surface area (Å²) >= 11 is 5.80. The summed E-state index contributed by atoms with van der Waals surface area (Å²) in [6.07, 6.45) is 0. The summed E-state index contributed by atoms with van der Waals surface area (Å²) in [5.41, 5.74) is 0.945. The van der Waals surface area contributed by atoms with E-state index in [0.29, 0.717) is 22.8 Å². The summed E-state index contributed by atoms with van der Waals surface area (Å²) < 4.78 is 4.64. The van der Waals surface area contributed by atoms with Crippen LogP contribution in [0.3, 0.4) is 0 Å². The second-order valence-electron chi connectivity index (χ2n) is 2.78. The molecule has 1 aromatic carbocycles. The van der Waals surface area contributed by atoms with E-state index in [9.17, 15) is 4.79 Å². The highest BCUT2D eigenvalue weighted by molar-refractivity contribution is 6.31. The molecule has 4 heteroatoms. The van der Waals surface area contributed by atoms with E-state index in [1.165, 1.54) is 6.07 Å². The molecule has 80 valence electrons. The Hall–Kier alpha value is -1.97. The van der Waals surface area contributed by atoms with Crippen LogP contribution in [0.5, 0.6) is 0 Å². The van der Waals surface area contributed by atoms with Crippen LogP contribution in [0.25, 0.3) is 0 Å². The molecule has 16 heavy (non-hydrogen) atoms. The highest BCUT2D eigenvalue weighted by Crippen LogP contribution is 2.16. The lowest BCUT2D eigenvalue weighted by molar-refractivity contribution is -0.136. The smallest absolute Gasteiger partial charge is 0.384 e. The largest absolute Gasteiger partial charge is 0.456 e. The highest BCUT2D eigenvalue weighted by Gasteiger charge is 1.99. The van der Waals surface area contributed by atoms with Gasteiger partial charge in [0.25, 0.3) is 0 Å². The minimum atomic E-state index is -0.581. The maximum absolute atomic E-state index is 10.9. The Bertz CT molecular complexity index is 506. The molecule has 1 rings (SSSR count). The Kier molecular flexibility index (Phi) is 4.39. The van der Waals surface area contributed by atoms with Crippen molar-refractivity contribution in [3.05, 3.63) is 34.3 Å². The summed E-state index contributed by atoms with van der Waals surface area (Å²) in [4.78, 5) is 10.9. The first-order valence-electron chi connectivity index (χ1n) is 4.55. The van der Waals surface area contributed by atoms with Gasteiger partial charge in [-0.15, -0.1) is 0 Å². The first-order chi connectivity index (χ1) is 7.67. The second-order valence-corrected chi connectivity index (χ2v) is 3.18. The Morgan fingerprint density at radius 1 is 1.56 bits per heavy atom. The zero-order chi connectivity index (χ0) is 12.0. The van der Waals surface area contributed by atoms with Gasteiger partial charge >= 0.3 is 5.97 Å². The Labute approximate surface area is 98.6 Å². The van der Waals surface area contributed by atoms with E-state index < -0.39 is 5.97 Å². The zero-order valence-corrected chi connectivity index (χ0v) is 9.34. The third-order valence-electron chi connectivity index (χ3n) is 1.67. The average molecular weight is 234 g/mol. The highest BCUT2D eigenvalue weighted by atomic mass is 35.5. The van der Waals surface area contributed by atoms with Gasteiger partial charge in [-0.2, -0.15) is 5.26 Å². The molecule has 0 spiro atoms. The lowest BCUT2D eigenvalue weighted by atomic mass is 10.1. The van der Waals surface area contributed by atoms with Crippen molar-refractivity contribution in [2.75, 3.05) is 6.61 Å². The molecule has 3 nitrogen and oxygen atoms in total. The van der Waals surface area contributed by atoms with Gasteiger partial charge in [-0.1, -0.05) is 17.5 Å². The monoisotopic (exact) mass is 233 g/mol. The fraction of sp³-hybridized carbons (Fsp3) is 0.167. The molecule has 0 saturated heterocycles. The van der Waals surface area contributed by atoms with E-state index in [1.807, 2.05) is 6.07 Å². The number of halogens is 1. The minimum Gasteiger partial charge on any atom is -0.456 e. The number of rotatable bonds is 1. The van der Waals surface area contributed by atoms with Gasteiger partial charge in [0, 0.05) is 11.5 Å². The first kappa shape index (κ1) is 12.1. The van der Waals surface area contributed by atoms with Crippen LogP contribution < -0.4 is 0 Å². The first-order valence-corrected chi connectivity index (χ1v) is 4.93.